The van der Waals surface area contributed by atoms with Crippen LogP contribution in [0.5, 0.6) is 11.6 Å². The van der Waals surface area contributed by atoms with E-state index in [0.717, 1.165) is 17.4 Å². The van der Waals surface area contributed by atoms with Crippen molar-refractivity contribution in [3.63, 3.8) is 0 Å². The zero-order chi connectivity index (χ0) is 16.6. The molecule has 120 valence electrons. The SMILES string of the molecule is Cc1c(C)n(CC(C)C)c2c(Oc3ccc(F)cc3)nccc12. The van der Waals surface area contributed by atoms with Gasteiger partial charge in [0, 0.05) is 23.8 Å². The lowest BCUT2D eigenvalue weighted by Crippen LogP contribution is -2.07. The van der Waals surface area contributed by atoms with Crippen molar-refractivity contribution in [2.45, 2.75) is 34.2 Å². The minimum atomic E-state index is -0.279. The minimum absolute atomic E-state index is 0.279. The zero-order valence-electron chi connectivity index (χ0n) is 13.9. The van der Waals surface area contributed by atoms with Crippen LogP contribution < -0.4 is 4.74 Å². The number of nitrogens with zero attached hydrogens (tertiary/aromatic N) is 2. The summed E-state index contributed by atoms with van der Waals surface area (Å²) in [6, 6.07) is 8.03. The molecule has 0 atom stereocenters. The highest BCUT2D eigenvalue weighted by Crippen LogP contribution is 2.33. The van der Waals surface area contributed by atoms with Gasteiger partial charge in [0.1, 0.15) is 17.1 Å². The average Bonchev–Trinajstić information content (AvgIpc) is 2.75. The Bertz CT molecular complexity index is 835. The molecule has 3 aromatic rings. The number of hydrogen-bond donors (Lipinski definition) is 0. The van der Waals surface area contributed by atoms with E-state index in [1.54, 1.807) is 18.3 Å². The molecule has 23 heavy (non-hydrogen) atoms. The predicted molar refractivity (Wildman–Crippen MR) is 90.5 cm³/mol. The van der Waals surface area contributed by atoms with Crippen LogP contribution in [-0.4, -0.2) is 9.55 Å². The summed E-state index contributed by atoms with van der Waals surface area (Å²) >= 11 is 0. The Labute approximate surface area is 135 Å². The van der Waals surface area contributed by atoms with Crippen molar-refractivity contribution in [3.05, 3.63) is 53.6 Å². The van der Waals surface area contributed by atoms with E-state index in [-0.39, 0.29) is 5.82 Å². The maximum absolute atomic E-state index is 13.1. The largest absolute Gasteiger partial charge is 0.437 e. The van der Waals surface area contributed by atoms with Crippen LogP contribution in [0.25, 0.3) is 10.9 Å². The summed E-state index contributed by atoms with van der Waals surface area (Å²) in [6.45, 7) is 9.53. The summed E-state index contributed by atoms with van der Waals surface area (Å²) in [5.41, 5.74) is 3.47. The van der Waals surface area contributed by atoms with Gasteiger partial charge in [0.15, 0.2) is 0 Å². The molecule has 4 heteroatoms. The first-order chi connectivity index (χ1) is 11.0. The smallest absolute Gasteiger partial charge is 0.244 e. The van der Waals surface area contributed by atoms with Crippen molar-refractivity contribution in [3.8, 4) is 11.6 Å². The first kappa shape index (κ1) is 15.5. The number of hydrogen-bond acceptors (Lipinski definition) is 2. The van der Waals surface area contributed by atoms with Gasteiger partial charge in [-0.2, -0.15) is 0 Å². The van der Waals surface area contributed by atoms with E-state index >= 15 is 0 Å². The van der Waals surface area contributed by atoms with E-state index < -0.39 is 0 Å². The van der Waals surface area contributed by atoms with Crippen molar-refractivity contribution in [2.24, 2.45) is 5.92 Å². The molecule has 3 rings (SSSR count). The molecule has 0 aliphatic carbocycles. The van der Waals surface area contributed by atoms with Gasteiger partial charge in [0.25, 0.3) is 0 Å². The average molecular weight is 312 g/mol. The Hall–Kier alpha value is -2.36. The van der Waals surface area contributed by atoms with E-state index in [2.05, 4.69) is 37.2 Å². The molecule has 0 N–H and O–H groups in total. The van der Waals surface area contributed by atoms with E-state index in [9.17, 15) is 4.39 Å². The molecule has 0 spiro atoms. The molecule has 1 aromatic carbocycles. The van der Waals surface area contributed by atoms with Gasteiger partial charge in [-0.15, -0.1) is 0 Å². The van der Waals surface area contributed by atoms with Gasteiger partial charge >= 0.3 is 0 Å². The molecule has 0 amide bonds. The second kappa shape index (κ2) is 6.03. The minimum Gasteiger partial charge on any atom is -0.437 e. The van der Waals surface area contributed by atoms with Gasteiger partial charge in [0.2, 0.25) is 5.88 Å². The van der Waals surface area contributed by atoms with E-state index in [1.165, 1.54) is 23.4 Å². The molecule has 2 heterocycles. The molecule has 0 fully saturated rings. The molecule has 0 unspecified atom stereocenters. The number of fused-ring (bicyclic) bond motifs is 1. The first-order valence-corrected chi connectivity index (χ1v) is 7.85. The third kappa shape index (κ3) is 2.93. The molecule has 2 aromatic heterocycles. The fourth-order valence-corrected chi connectivity index (χ4v) is 2.85. The molecule has 0 saturated heterocycles. The second-order valence-electron chi connectivity index (χ2n) is 6.28. The Morgan fingerprint density at radius 1 is 1.13 bits per heavy atom. The van der Waals surface area contributed by atoms with E-state index in [1.807, 2.05) is 6.07 Å². The fourth-order valence-electron chi connectivity index (χ4n) is 2.85. The number of aromatic nitrogens is 2. The third-order valence-electron chi connectivity index (χ3n) is 4.09. The van der Waals surface area contributed by atoms with Crippen LogP contribution in [0.3, 0.4) is 0 Å². The van der Waals surface area contributed by atoms with Gasteiger partial charge in [-0.3, -0.25) is 0 Å². The molecule has 0 aliphatic heterocycles. The summed E-state index contributed by atoms with van der Waals surface area (Å²) in [5.74, 6) is 1.38. The topological polar surface area (TPSA) is 27.1 Å². The van der Waals surface area contributed by atoms with E-state index in [0.29, 0.717) is 17.5 Å². The molecule has 0 radical (unpaired) electrons. The van der Waals surface area contributed by atoms with E-state index in [4.69, 9.17) is 4.74 Å². The quantitative estimate of drug-likeness (QED) is 0.658. The van der Waals surface area contributed by atoms with Crippen LogP contribution >= 0.6 is 0 Å². The van der Waals surface area contributed by atoms with Crippen LogP contribution in [0.1, 0.15) is 25.1 Å². The summed E-state index contributed by atoms with van der Waals surface area (Å²) in [6.07, 6.45) is 1.76. The zero-order valence-corrected chi connectivity index (χ0v) is 13.9. The van der Waals surface area contributed by atoms with Crippen LogP contribution in [-0.2, 0) is 6.54 Å². The highest BCUT2D eigenvalue weighted by atomic mass is 19.1. The van der Waals surface area contributed by atoms with Crippen molar-refractivity contribution in [1.29, 1.82) is 0 Å². The third-order valence-corrected chi connectivity index (χ3v) is 4.09. The van der Waals surface area contributed by atoms with Crippen molar-refractivity contribution < 1.29 is 9.13 Å². The van der Waals surface area contributed by atoms with Crippen LogP contribution in [0, 0.1) is 25.6 Å². The first-order valence-electron chi connectivity index (χ1n) is 7.85. The lowest BCUT2D eigenvalue weighted by atomic mass is 10.2. The number of pyridine rings is 1. The molecular formula is C19H21FN2O. The van der Waals surface area contributed by atoms with Crippen molar-refractivity contribution >= 4 is 10.9 Å². The number of aryl methyl sites for hydroxylation is 1. The normalized spacial score (nSPS) is 11.4. The maximum Gasteiger partial charge on any atom is 0.244 e. The second-order valence-corrected chi connectivity index (χ2v) is 6.28. The molecule has 0 aliphatic rings. The Balaban J connectivity index is 2.13. The van der Waals surface area contributed by atoms with Crippen LogP contribution in [0.2, 0.25) is 0 Å². The summed E-state index contributed by atoms with van der Waals surface area (Å²) in [7, 11) is 0. The Kier molecular flexibility index (Phi) is 4.07. The Morgan fingerprint density at radius 2 is 1.83 bits per heavy atom. The monoisotopic (exact) mass is 312 g/mol. The molecule has 0 bridgehead atoms. The van der Waals surface area contributed by atoms with Gasteiger partial charge in [-0.05, 0) is 55.7 Å². The number of ether oxygens (including phenoxy) is 1. The predicted octanol–water partition coefficient (Wildman–Crippen LogP) is 5.24. The summed E-state index contributed by atoms with van der Waals surface area (Å²) in [4.78, 5) is 4.41. The lowest BCUT2D eigenvalue weighted by Gasteiger charge is -2.13. The lowest BCUT2D eigenvalue weighted by molar-refractivity contribution is 0.458. The van der Waals surface area contributed by atoms with Crippen molar-refractivity contribution in [2.75, 3.05) is 0 Å². The van der Waals surface area contributed by atoms with Crippen LogP contribution in [0.15, 0.2) is 36.5 Å². The van der Waals surface area contributed by atoms with Crippen molar-refractivity contribution in [1.82, 2.24) is 9.55 Å². The highest BCUT2D eigenvalue weighted by molar-refractivity contribution is 5.89. The summed E-state index contributed by atoms with van der Waals surface area (Å²) in [5, 5.41) is 1.15. The maximum atomic E-state index is 13.1. The standard InChI is InChI=1S/C19H21FN2O/c1-12(2)11-22-14(4)13(3)17-9-10-21-19(18(17)22)23-16-7-5-15(20)6-8-16/h5-10,12H,11H2,1-4H3. The molecule has 0 saturated carbocycles. The highest BCUT2D eigenvalue weighted by Gasteiger charge is 2.17. The Morgan fingerprint density at radius 3 is 2.48 bits per heavy atom. The van der Waals surface area contributed by atoms with Gasteiger partial charge in [-0.25, -0.2) is 9.37 Å². The van der Waals surface area contributed by atoms with Gasteiger partial charge < -0.3 is 9.30 Å². The van der Waals surface area contributed by atoms with Crippen LogP contribution in [0.4, 0.5) is 4.39 Å². The molecular weight excluding hydrogens is 291 g/mol. The van der Waals surface area contributed by atoms with Gasteiger partial charge in [-0.1, -0.05) is 13.8 Å². The van der Waals surface area contributed by atoms with Gasteiger partial charge in [0.05, 0.1) is 0 Å². The fraction of sp³-hybridized carbons (Fsp3) is 0.316. The molecule has 3 nitrogen and oxygen atoms in total. The summed E-state index contributed by atoms with van der Waals surface area (Å²) < 4.78 is 21.3. The number of halogens is 1. The number of benzene rings is 1. The number of rotatable bonds is 4.